The Bertz CT molecular complexity index is 1300. The lowest BCUT2D eigenvalue weighted by Crippen LogP contribution is -2.13. The predicted octanol–water partition coefficient (Wildman–Crippen LogP) is 6.04. The summed E-state index contributed by atoms with van der Waals surface area (Å²) >= 11 is 12.4. The highest BCUT2D eigenvalue weighted by Gasteiger charge is 2.16. The lowest BCUT2D eigenvalue weighted by molar-refractivity contribution is -0.112. The number of amides is 1. The van der Waals surface area contributed by atoms with E-state index in [4.69, 9.17) is 27.9 Å². The first-order valence-electron chi connectivity index (χ1n) is 9.79. The van der Waals surface area contributed by atoms with Crippen molar-refractivity contribution in [2.24, 2.45) is 0 Å². The summed E-state index contributed by atoms with van der Waals surface area (Å²) in [7, 11) is 1.26. The molecule has 1 amide bonds. The molecule has 172 valence electrons. The van der Waals surface area contributed by atoms with Crippen molar-refractivity contribution in [2.75, 3.05) is 12.4 Å². The fourth-order valence-electron chi connectivity index (χ4n) is 2.92. The van der Waals surface area contributed by atoms with Crippen molar-refractivity contribution in [3.05, 3.63) is 98.8 Å². The summed E-state index contributed by atoms with van der Waals surface area (Å²) < 4.78 is 24.3. The summed E-state index contributed by atoms with van der Waals surface area (Å²) in [6.07, 6.45) is 1.27. The fraction of sp³-hybridized carbons (Fsp3) is 0.0800. The van der Waals surface area contributed by atoms with Gasteiger partial charge in [0.1, 0.15) is 29.8 Å². The van der Waals surface area contributed by atoms with E-state index in [-0.39, 0.29) is 33.5 Å². The average Bonchev–Trinajstić information content (AvgIpc) is 2.82. The maximum atomic E-state index is 14.0. The number of carbonyl (C=O) groups excluding carboxylic acids is 2. The van der Waals surface area contributed by atoms with Crippen molar-refractivity contribution in [1.29, 1.82) is 5.26 Å². The zero-order valence-corrected chi connectivity index (χ0v) is 19.3. The zero-order valence-electron chi connectivity index (χ0n) is 17.8. The molecule has 0 saturated carbocycles. The van der Waals surface area contributed by atoms with E-state index >= 15 is 0 Å². The van der Waals surface area contributed by atoms with Gasteiger partial charge in [0, 0.05) is 21.8 Å². The lowest BCUT2D eigenvalue weighted by atomic mass is 10.1. The Morgan fingerprint density at radius 2 is 1.82 bits per heavy atom. The molecule has 0 heterocycles. The van der Waals surface area contributed by atoms with Gasteiger partial charge in [-0.25, -0.2) is 9.18 Å². The molecule has 0 bridgehead atoms. The van der Waals surface area contributed by atoms with Gasteiger partial charge in [0.05, 0.1) is 17.7 Å². The molecule has 0 fully saturated rings. The number of benzene rings is 3. The Labute approximate surface area is 205 Å². The molecular formula is C25H17Cl2FN2O4. The Morgan fingerprint density at radius 3 is 2.47 bits per heavy atom. The number of hydrogen-bond donors (Lipinski definition) is 1. The monoisotopic (exact) mass is 498 g/mol. The second-order valence-corrected chi connectivity index (χ2v) is 7.72. The molecule has 1 N–H and O–H groups in total. The van der Waals surface area contributed by atoms with Gasteiger partial charge in [-0.2, -0.15) is 5.26 Å². The van der Waals surface area contributed by atoms with Gasteiger partial charge in [-0.15, -0.1) is 0 Å². The van der Waals surface area contributed by atoms with Crippen molar-refractivity contribution >= 4 is 46.8 Å². The van der Waals surface area contributed by atoms with Crippen molar-refractivity contribution < 1.29 is 23.5 Å². The van der Waals surface area contributed by atoms with E-state index in [1.165, 1.54) is 55.7 Å². The molecule has 34 heavy (non-hydrogen) atoms. The smallest absolute Gasteiger partial charge is 0.337 e. The van der Waals surface area contributed by atoms with Gasteiger partial charge >= 0.3 is 5.97 Å². The van der Waals surface area contributed by atoms with E-state index in [9.17, 15) is 19.2 Å². The molecule has 0 spiro atoms. The number of ether oxygens (including phenoxy) is 2. The number of esters is 1. The fourth-order valence-corrected chi connectivity index (χ4v) is 3.48. The van der Waals surface area contributed by atoms with Crippen LogP contribution < -0.4 is 10.1 Å². The summed E-state index contributed by atoms with van der Waals surface area (Å²) in [6.45, 7) is -0.129. The van der Waals surface area contributed by atoms with Gasteiger partial charge < -0.3 is 14.8 Å². The number of nitriles is 1. The summed E-state index contributed by atoms with van der Waals surface area (Å²) in [4.78, 5) is 24.2. The average molecular weight is 499 g/mol. The third kappa shape index (κ3) is 6.13. The molecule has 0 atom stereocenters. The summed E-state index contributed by atoms with van der Waals surface area (Å²) in [6, 6.07) is 16.8. The molecule has 0 aliphatic rings. The number of anilines is 1. The molecule has 0 unspecified atom stereocenters. The van der Waals surface area contributed by atoms with Gasteiger partial charge in [-0.3, -0.25) is 4.79 Å². The summed E-state index contributed by atoms with van der Waals surface area (Å²) in [5.74, 6) is -1.53. The number of nitrogens with one attached hydrogen (secondary N) is 1. The van der Waals surface area contributed by atoms with Crippen LogP contribution in [0.25, 0.3) is 6.08 Å². The van der Waals surface area contributed by atoms with Gasteiger partial charge in [-0.1, -0.05) is 41.4 Å². The first-order valence-corrected chi connectivity index (χ1v) is 10.5. The topological polar surface area (TPSA) is 88.4 Å². The quantitative estimate of drug-likeness (QED) is 0.243. The molecule has 0 aliphatic carbocycles. The van der Waals surface area contributed by atoms with Crippen molar-refractivity contribution in [3.8, 4) is 11.8 Å². The van der Waals surface area contributed by atoms with Crippen LogP contribution >= 0.6 is 23.2 Å². The number of hydrogen-bond acceptors (Lipinski definition) is 5. The minimum Gasteiger partial charge on any atom is -0.487 e. The molecule has 0 aromatic heterocycles. The summed E-state index contributed by atoms with van der Waals surface area (Å²) in [5, 5.41) is 12.5. The largest absolute Gasteiger partial charge is 0.487 e. The zero-order chi connectivity index (χ0) is 24.7. The van der Waals surface area contributed by atoms with Crippen LogP contribution in [-0.4, -0.2) is 19.0 Å². The molecule has 0 saturated heterocycles. The van der Waals surface area contributed by atoms with Crippen LogP contribution in [0.15, 0.2) is 66.2 Å². The molecule has 9 heteroatoms. The van der Waals surface area contributed by atoms with Gasteiger partial charge in [0.25, 0.3) is 5.91 Å². The molecule has 0 aliphatic heterocycles. The number of rotatable bonds is 7. The normalized spacial score (nSPS) is 10.9. The Balaban J connectivity index is 1.85. The maximum absolute atomic E-state index is 14.0. The van der Waals surface area contributed by atoms with Gasteiger partial charge in [0.15, 0.2) is 0 Å². The van der Waals surface area contributed by atoms with Crippen LogP contribution in [0.3, 0.4) is 0 Å². The number of halogens is 3. The van der Waals surface area contributed by atoms with Gasteiger partial charge in [-0.05, 0) is 48.5 Å². The van der Waals surface area contributed by atoms with E-state index in [0.29, 0.717) is 16.8 Å². The van der Waals surface area contributed by atoms with Crippen LogP contribution in [-0.2, 0) is 16.1 Å². The standard InChI is InChI=1S/C25H17Cl2FN2O4/c1-33-25(32)15-6-8-20(9-7-15)30-24(31)18(13-29)10-17-11-19(26)12-21(27)23(17)34-14-16-4-2-3-5-22(16)28/h2-12H,14H2,1H3,(H,30,31)/b18-10+. The van der Waals surface area contributed by atoms with Crippen LogP contribution in [0.1, 0.15) is 21.5 Å². The third-order valence-electron chi connectivity index (χ3n) is 4.60. The number of nitrogens with zero attached hydrogens (tertiary/aromatic N) is 1. The van der Waals surface area contributed by atoms with Gasteiger partial charge in [0.2, 0.25) is 0 Å². The highest BCUT2D eigenvalue weighted by Crippen LogP contribution is 2.34. The van der Waals surface area contributed by atoms with Crippen LogP contribution in [0.5, 0.6) is 5.75 Å². The Morgan fingerprint density at radius 1 is 1.12 bits per heavy atom. The molecule has 3 rings (SSSR count). The van der Waals surface area contributed by atoms with E-state index in [1.54, 1.807) is 18.2 Å². The SMILES string of the molecule is COC(=O)c1ccc(NC(=O)/C(C#N)=C/c2cc(Cl)cc(Cl)c2OCc2ccccc2F)cc1. The highest BCUT2D eigenvalue weighted by atomic mass is 35.5. The molecule has 0 radical (unpaired) electrons. The van der Waals surface area contributed by atoms with E-state index < -0.39 is 17.7 Å². The second kappa shape index (κ2) is 11.3. The Hall–Kier alpha value is -3.86. The minimum atomic E-state index is -0.704. The minimum absolute atomic E-state index is 0.129. The van der Waals surface area contributed by atoms with E-state index in [0.717, 1.165) is 0 Å². The van der Waals surface area contributed by atoms with Crippen LogP contribution in [0.2, 0.25) is 10.0 Å². The number of carbonyl (C=O) groups is 2. The first kappa shape index (κ1) is 24.8. The molecule has 6 nitrogen and oxygen atoms in total. The molecular weight excluding hydrogens is 482 g/mol. The summed E-state index contributed by atoms with van der Waals surface area (Å²) in [5.41, 5.74) is 0.977. The van der Waals surface area contributed by atoms with Crippen LogP contribution in [0.4, 0.5) is 10.1 Å². The van der Waals surface area contributed by atoms with Crippen molar-refractivity contribution in [3.63, 3.8) is 0 Å². The number of methoxy groups -OCH3 is 1. The lowest BCUT2D eigenvalue weighted by Gasteiger charge is -2.13. The first-order chi connectivity index (χ1) is 16.3. The maximum Gasteiger partial charge on any atom is 0.337 e. The van der Waals surface area contributed by atoms with Crippen molar-refractivity contribution in [1.82, 2.24) is 0 Å². The second-order valence-electron chi connectivity index (χ2n) is 6.88. The van der Waals surface area contributed by atoms with E-state index in [1.807, 2.05) is 6.07 Å². The van der Waals surface area contributed by atoms with E-state index in [2.05, 4.69) is 10.1 Å². The van der Waals surface area contributed by atoms with Crippen molar-refractivity contribution in [2.45, 2.75) is 6.61 Å². The Kier molecular flexibility index (Phi) is 8.25. The van der Waals surface area contributed by atoms with Crippen LogP contribution in [0, 0.1) is 17.1 Å². The predicted molar refractivity (Wildman–Crippen MR) is 127 cm³/mol. The third-order valence-corrected chi connectivity index (χ3v) is 5.09. The molecule has 3 aromatic rings. The highest BCUT2D eigenvalue weighted by molar-refractivity contribution is 6.36. The molecule has 3 aromatic carbocycles.